The van der Waals surface area contributed by atoms with E-state index in [4.69, 9.17) is 5.11 Å². The van der Waals surface area contributed by atoms with Crippen molar-refractivity contribution in [1.82, 2.24) is 9.88 Å². The molecule has 0 amide bonds. The zero-order valence-corrected chi connectivity index (χ0v) is 10.8. The van der Waals surface area contributed by atoms with Crippen molar-refractivity contribution >= 4 is 11.8 Å². The Labute approximate surface area is 107 Å². The third-order valence-electron chi connectivity index (χ3n) is 3.50. The van der Waals surface area contributed by atoms with Crippen LogP contribution < -0.4 is 4.90 Å². The maximum Gasteiger partial charge on any atom is 0.354 e. The second-order valence-corrected chi connectivity index (χ2v) is 4.84. The SMILES string of the molecule is CN(CC1CCCN1C)c1cccc(C(=O)O)n1. The predicted octanol–water partition coefficient (Wildman–Crippen LogP) is 1.31. The number of likely N-dealkylation sites (tertiary alicyclic amines) is 1. The van der Waals surface area contributed by atoms with E-state index in [1.54, 1.807) is 6.07 Å². The molecule has 5 nitrogen and oxygen atoms in total. The summed E-state index contributed by atoms with van der Waals surface area (Å²) in [7, 11) is 4.09. The molecule has 5 heteroatoms. The number of rotatable bonds is 4. The molecule has 18 heavy (non-hydrogen) atoms. The van der Waals surface area contributed by atoms with Crippen molar-refractivity contribution in [2.45, 2.75) is 18.9 Å². The number of aromatic nitrogens is 1. The molecule has 1 aliphatic heterocycles. The predicted molar refractivity (Wildman–Crippen MR) is 70.1 cm³/mol. The Hall–Kier alpha value is -1.62. The second-order valence-electron chi connectivity index (χ2n) is 4.84. The summed E-state index contributed by atoms with van der Waals surface area (Å²) < 4.78 is 0. The van der Waals surface area contributed by atoms with Crippen LogP contribution in [-0.2, 0) is 0 Å². The topological polar surface area (TPSA) is 56.7 Å². The van der Waals surface area contributed by atoms with Crippen LogP contribution >= 0.6 is 0 Å². The van der Waals surface area contributed by atoms with E-state index < -0.39 is 5.97 Å². The Balaban J connectivity index is 2.06. The fraction of sp³-hybridized carbons (Fsp3) is 0.538. The van der Waals surface area contributed by atoms with Crippen LogP contribution in [0.5, 0.6) is 0 Å². The lowest BCUT2D eigenvalue weighted by molar-refractivity contribution is 0.0690. The molecule has 0 radical (unpaired) electrons. The largest absolute Gasteiger partial charge is 0.477 e. The molecule has 1 N–H and O–H groups in total. The van der Waals surface area contributed by atoms with Gasteiger partial charge in [0.05, 0.1) is 0 Å². The van der Waals surface area contributed by atoms with Crippen molar-refractivity contribution in [3.63, 3.8) is 0 Å². The number of hydrogen-bond donors (Lipinski definition) is 1. The van der Waals surface area contributed by atoms with Gasteiger partial charge in [-0.25, -0.2) is 9.78 Å². The number of carbonyl (C=O) groups is 1. The van der Waals surface area contributed by atoms with Crippen LogP contribution in [0.3, 0.4) is 0 Å². The number of nitrogens with zero attached hydrogens (tertiary/aromatic N) is 3. The summed E-state index contributed by atoms with van der Waals surface area (Å²) >= 11 is 0. The first-order valence-corrected chi connectivity index (χ1v) is 6.19. The van der Waals surface area contributed by atoms with Gasteiger partial charge in [0.2, 0.25) is 0 Å². The molecule has 1 atom stereocenters. The second kappa shape index (κ2) is 5.35. The lowest BCUT2D eigenvalue weighted by atomic mass is 10.2. The summed E-state index contributed by atoms with van der Waals surface area (Å²) in [6.07, 6.45) is 2.43. The summed E-state index contributed by atoms with van der Waals surface area (Å²) in [5, 5.41) is 8.93. The van der Waals surface area contributed by atoms with E-state index >= 15 is 0 Å². The Bertz CT molecular complexity index is 436. The van der Waals surface area contributed by atoms with Gasteiger partial charge in [0.25, 0.3) is 0 Å². The normalized spacial score (nSPS) is 20.0. The van der Waals surface area contributed by atoms with Crippen LogP contribution in [0.25, 0.3) is 0 Å². The molecule has 2 rings (SSSR count). The fourth-order valence-corrected chi connectivity index (χ4v) is 2.37. The molecule has 0 aliphatic carbocycles. The van der Waals surface area contributed by atoms with Crippen molar-refractivity contribution in [3.8, 4) is 0 Å². The van der Waals surface area contributed by atoms with E-state index in [1.807, 2.05) is 18.0 Å². The third-order valence-corrected chi connectivity index (χ3v) is 3.50. The van der Waals surface area contributed by atoms with Gasteiger partial charge < -0.3 is 14.9 Å². The van der Waals surface area contributed by atoms with Crippen molar-refractivity contribution in [2.75, 3.05) is 32.1 Å². The molecule has 1 saturated heterocycles. The smallest absolute Gasteiger partial charge is 0.354 e. The molecule has 2 heterocycles. The summed E-state index contributed by atoms with van der Waals surface area (Å²) in [6, 6.07) is 5.63. The van der Waals surface area contributed by atoms with Gasteiger partial charge in [0.15, 0.2) is 5.69 Å². The van der Waals surface area contributed by atoms with Crippen LogP contribution in [0.4, 0.5) is 5.82 Å². The first-order valence-electron chi connectivity index (χ1n) is 6.19. The number of hydrogen-bond acceptors (Lipinski definition) is 4. The Morgan fingerprint density at radius 3 is 3.00 bits per heavy atom. The minimum absolute atomic E-state index is 0.0964. The average molecular weight is 249 g/mol. The fourth-order valence-electron chi connectivity index (χ4n) is 2.37. The molecule has 0 spiro atoms. The summed E-state index contributed by atoms with van der Waals surface area (Å²) in [4.78, 5) is 19.4. The first kappa shape index (κ1) is 12.8. The highest BCUT2D eigenvalue weighted by Gasteiger charge is 2.22. The van der Waals surface area contributed by atoms with E-state index in [1.165, 1.54) is 18.9 Å². The Morgan fingerprint density at radius 2 is 2.39 bits per heavy atom. The zero-order chi connectivity index (χ0) is 13.1. The lowest BCUT2D eigenvalue weighted by Gasteiger charge is -2.26. The third kappa shape index (κ3) is 2.79. The Morgan fingerprint density at radius 1 is 1.61 bits per heavy atom. The van der Waals surface area contributed by atoms with Gasteiger partial charge in [-0.2, -0.15) is 0 Å². The van der Waals surface area contributed by atoms with Crippen LogP contribution in [0.1, 0.15) is 23.3 Å². The molecule has 0 saturated carbocycles. The highest BCUT2D eigenvalue weighted by atomic mass is 16.4. The maximum absolute atomic E-state index is 10.9. The van der Waals surface area contributed by atoms with Crippen LogP contribution in [-0.4, -0.2) is 54.2 Å². The van der Waals surface area contributed by atoms with E-state index in [9.17, 15) is 4.79 Å². The van der Waals surface area contributed by atoms with Gasteiger partial charge in [-0.3, -0.25) is 0 Å². The average Bonchev–Trinajstić information content (AvgIpc) is 2.75. The lowest BCUT2D eigenvalue weighted by Crippen LogP contribution is -2.37. The summed E-state index contributed by atoms with van der Waals surface area (Å²) in [5.74, 6) is -0.265. The van der Waals surface area contributed by atoms with Crippen molar-refractivity contribution in [2.24, 2.45) is 0 Å². The summed E-state index contributed by atoms with van der Waals surface area (Å²) in [5.41, 5.74) is 0.0964. The number of carboxylic acid groups (broad SMARTS) is 1. The van der Waals surface area contributed by atoms with Gasteiger partial charge >= 0.3 is 5.97 Å². The van der Waals surface area contributed by atoms with Crippen LogP contribution in [0.15, 0.2) is 18.2 Å². The maximum atomic E-state index is 10.9. The standard InChI is InChI=1S/C13H19N3O2/c1-15-8-4-5-10(15)9-16(2)12-7-3-6-11(14-12)13(17)18/h3,6-7,10H,4-5,8-9H2,1-2H3,(H,17,18). The molecule has 0 aromatic carbocycles. The van der Waals surface area contributed by atoms with E-state index in [-0.39, 0.29) is 5.69 Å². The van der Waals surface area contributed by atoms with Gasteiger partial charge in [0, 0.05) is 19.6 Å². The molecule has 1 aromatic heterocycles. The number of carboxylic acids is 1. The number of aromatic carboxylic acids is 1. The van der Waals surface area contributed by atoms with Crippen LogP contribution in [0.2, 0.25) is 0 Å². The minimum atomic E-state index is -0.983. The Kier molecular flexibility index (Phi) is 3.81. The van der Waals surface area contributed by atoms with Gasteiger partial charge in [-0.05, 0) is 38.6 Å². The highest BCUT2D eigenvalue weighted by Crippen LogP contribution is 2.18. The van der Waals surface area contributed by atoms with Crippen molar-refractivity contribution < 1.29 is 9.90 Å². The molecule has 1 aliphatic rings. The molecule has 1 aromatic rings. The van der Waals surface area contributed by atoms with Crippen molar-refractivity contribution in [3.05, 3.63) is 23.9 Å². The minimum Gasteiger partial charge on any atom is -0.477 e. The molecular weight excluding hydrogens is 230 g/mol. The summed E-state index contributed by atoms with van der Waals surface area (Å²) in [6.45, 7) is 2.02. The van der Waals surface area contributed by atoms with E-state index in [0.717, 1.165) is 18.9 Å². The van der Waals surface area contributed by atoms with E-state index in [2.05, 4.69) is 16.9 Å². The zero-order valence-electron chi connectivity index (χ0n) is 10.8. The molecule has 1 unspecified atom stereocenters. The highest BCUT2D eigenvalue weighted by molar-refractivity contribution is 5.85. The van der Waals surface area contributed by atoms with Gasteiger partial charge in [0.1, 0.15) is 5.82 Å². The number of anilines is 1. The van der Waals surface area contributed by atoms with Gasteiger partial charge in [-0.15, -0.1) is 0 Å². The van der Waals surface area contributed by atoms with E-state index in [0.29, 0.717) is 6.04 Å². The molecule has 0 bridgehead atoms. The monoisotopic (exact) mass is 249 g/mol. The first-order chi connectivity index (χ1) is 8.58. The number of pyridine rings is 1. The van der Waals surface area contributed by atoms with Crippen LogP contribution in [0, 0.1) is 0 Å². The molecule has 1 fully saturated rings. The molecule has 98 valence electrons. The quantitative estimate of drug-likeness (QED) is 0.872. The number of likely N-dealkylation sites (N-methyl/N-ethyl adjacent to an activating group) is 2. The van der Waals surface area contributed by atoms with Crippen molar-refractivity contribution in [1.29, 1.82) is 0 Å². The molecular formula is C13H19N3O2. The van der Waals surface area contributed by atoms with Gasteiger partial charge in [-0.1, -0.05) is 6.07 Å².